The van der Waals surface area contributed by atoms with Crippen molar-refractivity contribution < 1.29 is 0 Å². The molecule has 0 radical (unpaired) electrons. The Morgan fingerprint density at radius 2 is 0.923 bits per heavy atom. The molecule has 8 aromatic carbocycles. The van der Waals surface area contributed by atoms with E-state index in [4.69, 9.17) is 0 Å². The number of anilines is 3. The predicted molar refractivity (Wildman–Crippen MR) is 219 cm³/mol. The lowest BCUT2D eigenvalue weighted by molar-refractivity contribution is 1.22. The Morgan fingerprint density at radius 1 is 0.385 bits per heavy atom. The van der Waals surface area contributed by atoms with Gasteiger partial charge in [-0.05, 0) is 120 Å². The number of hydrogen-bond donors (Lipinski definition) is 0. The molecule has 0 unspecified atom stereocenters. The van der Waals surface area contributed by atoms with Gasteiger partial charge >= 0.3 is 0 Å². The Labute approximate surface area is 303 Å². The van der Waals surface area contributed by atoms with E-state index in [1.807, 2.05) is 12.4 Å². The Morgan fingerprint density at radius 3 is 1.60 bits per heavy atom. The summed E-state index contributed by atoms with van der Waals surface area (Å²) < 4.78 is 0. The van der Waals surface area contributed by atoms with Crippen LogP contribution in [-0.4, -0.2) is 4.98 Å². The lowest BCUT2D eigenvalue weighted by Crippen LogP contribution is -2.11. The van der Waals surface area contributed by atoms with E-state index in [1.165, 1.54) is 82.7 Å². The smallest absolute Gasteiger partial charge is 0.0492 e. The van der Waals surface area contributed by atoms with Gasteiger partial charge in [0.2, 0.25) is 0 Å². The van der Waals surface area contributed by atoms with E-state index < -0.39 is 0 Å². The van der Waals surface area contributed by atoms with Gasteiger partial charge in [0, 0.05) is 29.5 Å². The van der Waals surface area contributed by atoms with Gasteiger partial charge < -0.3 is 4.90 Å². The Hall–Kier alpha value is -6.77. The molecular formula is C50H34N2. The molecule has 0 saturated carbocycles. The summed E-state index contributed by atoms with van der Waals surface area (Å²) in [6.07, 6.45) is 3.73. The number of pyridine rings is 1. The van der Waals surface area contributed by atoms with E-state index in [2.05, 4.69) is 193 Å². The number of benzene rings is 8. The van der Waals surface area contributed by atoms with Crippen molar-refractivity contribution in [3.63, 3.8) is 0 Å². The van der Waals surface area contributed by atoms with E-state index in [1.54, 1.807) is 0 Å². The number of aromatic nitrogens is 1. The molecule has 1 aromatic heterocycles. The first-order valence-corrected chi connectivity index (χ1v) is 17.9. The molecule has 244 valence electrons. The predicted octanol–water partition coefficient (Wildman–Crippen LogP) is 13.8. The van der Waals surface area contributed by atoms with E-state index in [9.17, 15) is 0 Å². The molecule has 9 aromatic rings. The summed E-state index contributed by atoms with van der Waals surface area (Å²) in [4.78, 5) is 6.65. The van der Waals surface area contributed by atoms with Crippen LogP contribution < -0.4 is 4.90 Å². The van der Waals surface area contributed by atoms with Crippen molar-refractivity contribution in [2.24, 2.45) is 0 Å². The maximum absolute atomic E-state index is 4.32. The number of hydrogen-bond acceptors (Lipinski definition) is 2. The van der Waals surface area contributed by atoms with E-state index in [-0.39, 0.29) is 0 Å². The third-order valence-electron chi connectivity index (χ3n) is 10.6. The quantitative estimate of drug-likeness (QED) is 0.176. The molecule has 1 aliphatic carbocycles. The van der Waals surface area contributed by atoms with Crippen molar-refractivity contribution in [1.29, 1.82) is 0 Å². The largest absolute Gasteiger partial charge is 0.310 e. The van der Waals surface area contributed by atoms with Crippen LogP contribution in [0.4, 0.5) is 17.1 Å². The fraction of sp³-hybridized carbons (Fsp3) is 0.0200. The SMILES string of the molecule is Cc1ccccc1N(c1ccncc1)c1cccc(-c2ccc3c4c(cccc24)-c2c-3c(-c3ccccc3)c3ccccc3c2-c2ccccc2)c1. The minimum Gasteiger partial charge on any atom is -0.310 e. The Kier molecular flexibility index (Phi) is 7.07. The third kappa shape index (κ3) is 4.69. The molecule has 1 aliphatic rings. The molecule has 10 rings (SSSR count). The summed E-state index contributed by atoms with van der Waals surface area (Å²) in [7, 11) is 0. The molecule has 0 amide bonds. The Balaban J connectivity index is 1.24. The third-order valence-corrected chi connectivity index (χ3v) is 10.6. The van der Waals surface area contributed by atoms with Crippen LogP contribution in [-0.2, 0) is 0 Å². The first-order chi connectivity index (χ1) is 25.8. The van der Waals surface area contributed by atoms with E-state index in [0.717, 1.165) is 17.1 Å². The second kappa shape index (κ2) is 12.2. The van der Waals surface area contributed by atoms with Gasteiger partial charge in [-0.3, -0.25) is 4.98 Å². The maximum atomic E-state index is 4.32. The molecule has 0 saturated heterocycles. The molecule has 0 atom stereocenters. The minimum absolute atomic E-state index is 1.08. The van der Waals surface area contributed by atoms with E-state index in [0.29, 0.717) is 0 Å². The number of nitrogens with zero attached hydrogens (tertiary/aromatic N) is 2. The molecule has 0 fully saturated rings. The van der Waals surface area contributed by atoms with Gasteiger partial charge in [0.15, 0.2) is 0 Å². The summed E-state index contributed by atoms with van der Waals surface area (Å²) in [6, 6.07) is 64.1. The number of fused-ring (bicyclic) bond motifs is 4. The molecule has 0 spiro atoms. The molecular weight excluding hydrogens is 629 g/mol. The highest BCUT2D eigenvalue weighted by Gasteiger charge is 2.31. The topological polar surface area (TPSA) is 16.1 Å². The van der Waals surface area contributed by atoms with Crippen LogP contribution >= 0.6 is 0 Å². The highest BCUT2D eigenvalue weighted by atomic mass is 15.1. The van der Waals surface area contributed by atoms with Gasteiger partial charge in [-0.2, -0.15) is 0 Å². The van der Waals surface area contributed by atoms with Crippen molar-refractivity contribution in [3.8, 4) is 55.6 Å². The average molecular weight is 663 g/mol. The Bertz CT molecular complexity index is 2690. The van der Waals surface area contributed by atoms with Crippen molar-refractivity contribution in [1.82, 2.24) is 4.98 Å². The second-order valence-corrected chi connectivity index (χ2v) is 13.5. The van der Waals surface area contributed by atoms with Crippen molar-refractivity contribution in [2.45, 2.75) is 6.92 Å². The molecule has 2 nitrogen and oxygen atoms in total. The van der Waals surface area contributed by atoms with Crippen molar-refractivity contribution in [3.05, 3.63) is 194 Å². The second-order valence-electron chi connectivity index (χ2n) is 13.5. The molecule has 1 heterocycles. The van der Waals surface area contributed by atoms with Crippen LogP contribution in [0.2, 0.25) is 0 Å². The monoisotopic (exact) mass is 662 g/mol. The first kappa shape index (κ1) is 30.1. The zero-order valence-corrected chi connectivity index (χ0v) is 28.8. The molecule has 52 heavy (non-hydrogen) atoms. The van der Waals surface area contributed by atoms with Crippen molar-refractivity contribution in [2.75, 3.05) is 4.90 Å². The summed E-state index contributed by atoms with van der Waals surface area (Å²) >= 11 is 0. The van der Waals surface area contributed by atoms with Crippen LogP contribution in [0, 0.1) is 6.92 Å². The van der Waals surface area contributed by atoms with Gasteiger partial charge in [0.05, 0.1) is 0 Å². The van der Waals surface area contributed by atoms with Gasteiger partial charge in [0.25, 0.3) is 0 Å². The summed E-state index contributed by atoms with van der Waals surface area (Å²) in [6.45, 7) is 2.17. The fourth-order valence-electron chi connectivity index (χ4n) is 8.41. The first-order valence-electron chi connectivity index (χ1n) is 17.9. The van der Waals surface area contributed by atoms with Gasteiger partial charge in [-0.25, -0.2) is 0 Å². The molecule has 2 heteroatoms. The fourth-order valence-corrected chi connectivity index (χ4v) is 8.41. The van der Waals surface area contributed by atoms with Crippen LogP contribution in [0.25, 0.3) is 77.2 Å². The minimum atomic E-state index is 1.08. The molecule has 0 aliphatic heterocycles. The van der Waals surface area contributed by atoms with Gasteiger partial charge in [-0.1, -0.05) is 146 Å². The summed E-state index contributed by atoms with van der Waals surface area (Å²) in [5.41, 5.74) is 17.2. The summed E-state index contributed by atoms with van der Waals surface area (Å²) in [5, 5.41) is 5.12. The summed E-state index contributed by atoms with van der Waals surface area (Å²) in [5.74, 6) is 0. The maximum Gasteiger partial charge on any atom is 0.0492 e. The van der Waals surface area contributed by atoms with Crippen LogP contribution in [0.5, 0.6) is 0 Å². The molecule has 0 N–H and O–H groups in total. The lowest BCUT2D eigenvalue weighted by atomic mass is 9.82. The van der Waals surface area contributed by atoms with Crippen molar-refractivity contribution >= 4 is 38.6 Å². The number of aryl methyl sites for hydroxylation is 1. The molecule has 0 bridgehead atoms. The van der Waals surface area contributed by atoms with E-state index >= 15 is 0 Å². The van der Waals surface area contributed by atoms with Crippen LogP contribution in [0.1, 0.15) is 5.56 Å². The standard InChI is InChI=1S/C50H34N2/c1-33-14-8-11-25-45(33)52(37-28-30-51-31-29-37)38-20-12-19-36(32-38)39-26-27-44-48-40(39)23-13-24-43(48)49-46(34-15-4-2-5-16-34)41-21-9-10-22-42(41)47(50(44)49)35-17-6-3-7-18-35/h2-32H,1H3. The van der Waals surface area contributed by atoms with Gasteiger partial charge in [0.1, 0.15) is 0 Å². The zero-order valence-electron chi connectivity index (χ0n) is 28.8. The number of rotatable bonds is 6. The highest BCUT2D eigenvalue weighted by Crippen LogP contribution is 2.58. The van der Waals surface area contributed by atoms with Gasteiger partial charge in [-0.15, -0.1) is 0 Å². The highest BCUT2D eigenvalue weighted by molar-refractivity contribution is 6.28. The average Bonchev–Trinajstić information content (AvgIpc) is 3.54. The number of para-hydroxylation sites is 1. The van der Waals surface area contributed by atoms with Crippen LogP contribution in [0.15, 0.2) is 188 Å². The van der Waals surface area contributed by atoms with Crippen LogP contribution in [0.3, 0.4) is 0 Å². The zero-order chi connectivity index (χ0) is 34.6. The lowest BCUT2D eigenvalue weighted by Gasteiger charge is -2.27. The normalized spacial score (nSPS) is 11.6.